The molecule has 0 aliphatic carbocycles. The molecule has 0 unspecified atom stereocenters. The first-order valence-electron chi connectivity index (χ1n) is 7.11. The second-order valence-electron chi connectivity index (χ2n) is 5.22. The number of nitrogens with zero attached hydrogens (tertiary/aromatic N) is 2. The number of nitro groups is 1. The highest BCUT2D eigenvalue weighted by Crippen LogP contribution is 2.32. The molecule has 0 atom stereocenters. The number of hydrogen-bond donors (Lipinski definition) is 1. The molecular weight excluding hydrogens is 334 g/mol. The van der Waals surface area contributed by atoms with E-state index < -0.39 is 4.92 Å². The van der Waals surface area contributed by atoms with Crippen LogP contribution in [0.4, 0.5) is 17.1 Å². The number of carbonyl (C=O) groups is 2. The minimum Gasteiger partial charge on any atom is -0.324 e. The molecule has 0 spiro atoms. The molecule has 24 heavy (non-hydrogen) atoms. The minimum atomic E-state index is -0.528. The van der Waals surface area contributed by atoms with Gasteiger partial charge in [0.15, 0.2) is 0 Å². The standard InChI is InChI=1S/C16H12ClN3O4/c17-11-3-6-14-13(9-11)18-15(21)7-8-19(14)16(22)10-1-4-12(5-2-10)20(23)24/h1-6,9H,7-8H2,(H,18,21). The monoisotopic (exact) mass is 345 g/mol. The average molecular weight is 346 g/mol. The van der Waals surface area contributed by atoms with Gasteiger partial charge in [-0.1, -0.05) is 11.6 Å². The van der Waals surface area contributed by atoms with Gasteiger partial charge >= 0.3 is 0 Å². The van der Waals surface area contributed by atoms with E-state index in [1.807, 2.05) is 0 Å². The van der Waals surface area contributed by atoms with Gasteiger partial charge in [-0.2, -0.15) is 0 Å². The lowest BCUT2D eigenvalue weighted by Gasteiger charge is -2.22. The highest BCUT2D eigenvalue weighted by molar-refractivity contribution is 6.31. The summed E-state index contributed by atoms with van der Waals surface area (Å²) < 4.78 is 0. The quantitative estimate of drug-likeness (QED) is 0.668. The molecule has 0 aromatic heterocycles. The number of halogens is 1. The summed E-state index contributed by atoms with van der Waals surface area (Å²) in [6.07, 6.45) is 0.144. The number of anilines is 2. The van der Waals surface area contributed by atoms with Crippen molar-refractivity contribution in [2.75, 3.05) is 16.8 Å². The molecule has 1 N–H and O–H groups in total. The Bertz CT molecular complexity index is 836. The number of benzene rings is 2. The molecule has 1 aliphatic heterocycles. The van der Waals surface area contributed by atoms with Crippen molar-refractivity contribution in [2.24, 2.45) is 0 Å². The van der Waals surface area contributed by atoms with Crippen LogP contribution in [0.5, 0.6) is 0 Å². The van der Waals surface area contributed by atoms with Crippen molar-refractivity contribution in [1.29, 1.82) is 0 Å². The lowest BCUT2D eigenvalue weighted by molar-refractivity contribution is -0.384. The zero-order chi connectivity index (χ0) is 17.3. The van der Waals surface area contributed by atoms with Crippen LogP contribution in [0.2, 0.25) is 5.02 Å². The summed E-state index contributed by atoms with van der Waals surface area (Å²) in [6.45, 7) is 0.205. The molecule has 0 bridgehead atoms. The van der Waals surface area contributed by atoms with E-state index in [9.17, 15) is 19.7 Å². The van der Waals surface area contributed by atoms with Crippen LogP contribution in [-0.2, 0) is 4.79 Å². The summed E-state index contributed by atoms with van der Waals surface area (Å²) in [7, 11) is 0. The molecule has 0 saturated carbocycles. The lowest BCUT2D eigenvalue weighted by atomic mass is 10.1. The van der Waals surface area contributed by atoms with Crippen molar-refractivity contribution in [3.8, 4) is 0 Å². The summed E-state index contributed by atoms with van der Waals surface area (Å²) >= 11 is 5.95. The molecule has 122 valence electrons. The molecule has 3 rings (SSSR count). The number of nitrogens with one attached hydrogen (secondary N) is 1. The maximum Gasteiger partial charge on any atom is 0.269 e. The van der Waals surface area contributed by atoms with Gasteiger partial charge in [-0.3, -0.25) is 19.7 Å². The zero-order valence-corrected chi connectivity index (χ0v) is 13.1. The summed E-state index contributed by atoms with van der Waals surface area (Å²) in [5, 5.41) is 13.9. The van der Waals surface area contributed by atoms with Crippen molar-refractivity contribution in [1.82, 2.24) is 0 Å². The third kappa shape index (κ3) is 3.07. The predicted molar refractivity (Wildman–Crippen MR) is 89.5 cm³/mol. The van der Waals surface area contributed by atoms with Gasteiger partial charge < -0.3 is 10.2 Å². The Morgan fingerprint density at radius 1 is 1.21 bits per heavy atom. The molecule has 8 heteroatoms. The summed E-state index contributed by atoms with van der Waals surface area (Å²) in [6, 6.07) is 10.2. The van der Waals surface area contributed by atoms with E-state index in [4.69, 9.17) is 11.6 Å². The number of nitro benzene ring substituents is 1. The van der Waals surface area contributed by atoms with E-state index in [1.165, 1.54) is 29.2 Å². The molecule has 1 aliphatic rings. The van der Waals surface area contributed by atoms with E-state index in [0.29, 0.717) is 22.0 Å². The normalized spacial score (nSPS) is 13.7. The number of carbonyl (C=O) groups excluding carboxylic acids is 2. The van der Waals surface area contributed by atoms with Crippen LogP contribution < -0.4 is 10.2 Å². The first-order chi connectivity index (χ1) is 11.5. The van der Waals surface area contributed by atoms with Gasteiger partial charge in [-0.15, -0.1) is 0 Å². The van der Waals surface area contributed by atoms with Gasteiger partial charge in [0, 0.05) is 35.7 Å². The van der Waals surface area contributed by atoms with Gasteiger partial charge in [0.2, 0.25) is 5.91 Å². The van der Waals surface area contributed by atoms with Gasteiger partial charge in [0.25, 0.3) is 11.6 Å². The van der Waals surface area contributed by atoms with Crippen molar-refractivity contribution < 1.29 is 14.5 Å². The van der Waals surface area contributed by atoms with Gasteiger partial charge in [-0.05, 0) is 30.3 Å². The third-order valence-corrected chi connectivity index (χ3v) is 3.89. The van der Waals surface area contributed by atoms with Crippen LogP contribution in [0, 0.1) is 10.1 Å². The topological polar surface area (TPSA) is 92.5 Å². The van der Waals surface area contributed by atoms with E-state index in [-0.39, 0.29) is 30.5 Å². The largest absolute Gasteiger partial charge is 0.324 e. The van der Waals surface area contributed by atoms with Gasteiger partial charge in [0.05, 0.1) is 16.3 Å². The van der Waals surface area contributed by atoms with Crippen LogP contribution >= 0.6 is 11.6 Å². The Morgan fingerprint density at radius 2 is 1.92 bits per heavy atom. The Morgan fingerprint density at radius 3 is 2.58 bits per heavy atom. The third-order valence-electron chi connectivity index (χ3n) is 3.66. The maximum atomic E-state index is 12.8. The summed E-state index contributed by atoms with van der Waals surface area (Å²) in [5.74, 6) is -0.553. The highest BCUT2D eigenvalue weighted by atomic mass is 35.5. The van der Waals surface area contributed by atoms with Crippen LogP contribution in [-0.4, -0.2) is 23.3 Å². The zero-order valence-electron chi connectivity index (χ0n) is 12.4. The molecule has 0 fully saturated rings. The van der Waals surface area contributed by atoms with E-state index in [0.717, 1.165) is 0 Å². The van der Waals surface area contributed by atoms with Crippen molar-refractivity contribution in [2.45, 2.75) is 6.42 Å². The van der Waals surface area contributed by atoms with E-state index >= 15 is 0 Å². The number of rotatable bonds is 2. The highest BCUT2D eigenvalue weighted by Gasteiger charge is 2.25. The Balaban J connectivity index is 1.97. The van der Waals surface area contributed by atoms with Gasteiger partial charge in [0.1, 0.15) is 0 Å². The molecule has 7 nitrogen and oxygen atoms in total. The average Bonchev–Trinajstić information content (AvgIpc) is 2.72. The molecule has 2 aromatic carbocycles. The Labute approximate surface area is 142 Å². The van der Waals surface area contributed by atoms with Crippen LogP contribution in [0.15, 0.2) is 42.5 Å². The minimum absolute atomic E-state index is 0.0913. The summed E-state index contributed by atoms with van der Waals surface area (Å²) in [5.41, 5.74) is 1.20. The maximum absolute atomic E-state index is 12.8. The molecule has 0 radical (unpaired) electrons. The second-order valence-corrected chi connectivity index (χ2v) is 5.66. The van der Waals surface area contributed by atoms with Crippen molar-refractivity contribution >= 4 is 40.5 Å². The Hall–Kier alpha value is -2.93. The first-order valence-corrected chi connectivity index (χ1v) is 7.49. The Kier molecular flexibility index (Phi) is 4.18. The number of amides is 2. The fraction of sp³-hybridized carbons (Fsp3) is 0.125. The second kappa shape index (κ2) is 6.29. The van der Waals surface area contributed by atoms with Crippen LogP contribution in [0.3, 0.4) is 0 Å². The van der Waals surface area contributed by atoms with Crippen molar-refractivity contribution in [3.63, 3.8) is 0 Å². The SMILES string of the molecule is O=C1CCN(C(=O)c2ccc([N+](=O)[O-])cc2)c2ccc(Cl)cc2N1. The smallest absolute Gasteiger partial charge is 0.269 e. The molecule has 0 saturated heterocycles. The van der Waals surface area contributed by atoms with E-state index in [1.54, 1.807) is 18.2 Å². The first kappa shape index (κ1) is 15.9. The lowest BCUT2D eigenvalue weighted by Crippen LogP contribution is -2.31. The van der Waals surface area contributed by atoms with E-state index in [2.05, 4.69) is 5.32 Å². The summed E-state index contributed by atoms with van der Waals surface area (Å²) in [4.78, 5) is 36.2. The van der Waals surface area contributed by atoms with Crippen LogP contribution in [0.25, 0.3) is 0 Å². The molecule has 2 aromatic rings. The fourth-order valence-corrected chi connectivity index (χ4v) is 2.65. The molecule has 2 amide bonds. The predicted octanol–water partition coefficient (Wildman–Crippen LogP) is 3.24. The number of hydrogen-bond acceptors (Lipinski definition) is 4. The van der Waals surface area contributed by atoms with Crippen LogP contribution in [0.1, 0.15) is 16.8 Å². The molecule has 1 heterocycles. The van der Waals surface area contributed by atoms with Crippen molar-refractivity contribution in [3.05, 3.63) is 63.2 Å². The number of non-ortho nitro benzene ring substituents is 1. The van der Waals surface area contributed by atoms with Gasteiger partial charge in [-0.25, -0.2) is 0 Å². The fourth-order valence-electron chi connectivity index (χ4n) is 2.48. The number of fused-ring (bicyclic) bond motifs is 1. The molecular formula is C16H12ClN3O4.